The quantitative estimate of drug-likeness (QED) is 0.134. The number of rotatable bonds is 11. The van der Waals surface area contributed by atoms with Crippen molar-refractivity contribution >= 4 is 67.0 Å². The van der Waals surface area contributed by atoms with Crippen LogP contribution in [0.25, 0.3) is 0 Å². The lowest BCUT2D eigenvalue weighted by atomic mass is 10.2. The van der Waals surface area contributed by atoms with E-state index in [1.807, 2.05) is 18.2 Å². The zero-order valence-electron chi connectivity index (χ0n) is 22.6. The van der Waals surface area contributed by atoms with Crippen molar-refractivity contribution in [1.29, 1.82) is 0 Å². The third kappa shape index (κ3) is 8.25. The van der Waals surface area contributed by atoms with Gasteiger partial charge in [-0.2, -0.15) is 5.10 Å². The first-order valence-electron chi connectivity index (χ1n) is 12.4. The van der Waals surface area contributed by atoms with Gasteiger partial charge in [-0.05, 0) is 81.7 Å². The maximum atomic E-state index is 12.7. The summed E-state index contributed by atoms with van der Waals surface area (Å²) in [6, 6.07) is 24.0. The molecule has 12 heteroatoms. The van der Waals surface area contributed by atoms with Crippen LogP contribution in [0.4, 0.5) is 5.69 Å². The van der Waals surface area contributed by atoms with Crippen LogP contribution in [0.2, 0.25) is 10.0 Å². The van der Waals surface area contributed by atoms with Crippen molar-refractivity contribution in [2.24, 2.45) is 5.10 Å². The lowest BCUT2D eigenvalue weighted by Gasteiger charge is -2.22. The fourth-order valence-electron chi connectivity index (χ4n) is 3.88. The van der Waals surface area contributed by atoms with Crippen LogP contribution in [0.5, 0.6) is 11.5 Å². The molecule has 0 bridgehead atoms. The number of ether oxygens (including phenoxy) is 2. The molecule has 218 valence electrons. The second-order valence-electron chi connectivity index (χ2n) is 9.06. The number of hydrogen-bond donors (Lipinski definition) is 1. The highest BCUT2D eigenvalue weighted by atomic mass is 79.9. The standard InChI is InChI=1S/C30H26BrCl2N3O5S/c1-40-28-16-21(15-26(31)29(28)41-19-23-5-3-4-6-27(23)33)17-34-35-30(37)22-9-13-25(14-10-22)36(42(2,38)39)18-20-7-11-24(32)12-8-20/h3-17H,18-19H2,1-2H3,(H,35,37)/b34-17-. The summed E-state index contributed by atoms with van der Waals surface area (Å²) in [7, 11) is -2.06. The second kappa shape index (κ2) is 14.1. The Hall–Kier alpha value is -3.57. The molecule has 8 nitrogen and oxygen atoms in total. The molecule has 0 aliphatic carbocycles. The summed E-state index contributed by atoms with van der Waals surface area (Å²) < 4.78 is 38.3. The number of nitrogens with one attached hydrogen (secondary N) is 1. The van der Waals surface area contributed by atoms with Gasteiger partial charge in [-0.15, -0.1) is 0 Å². The second-order valence-corrected chi connectivity index (χ2v) is 12.7. The van der Waals surface area contributed by atoms with Crippen molar-refractivity contribution in [1.82, 2.24) is 5.43 Å². The van der Waals surface area contributed by atoms with Crippen LogP contribution in [0, 0.1) is 0 Å². The first-order chi connectivity index (χ1) is 20.0. The van der Waals surface area contributed by atoms with E-state index in [0.717, 1.165) is 17.4 Å². The smallest absolute Gasteiger partial charge is 0.271 e. The Morgan fingerprint density at radius 3 is 2.36 bits per heavy atom. The van der Waals surface area contributed by atoms with Gasteiger partial charge in [0, 0.05) is 21.2 Å². The van der Waals surface area contributed by atoms with Gasteiger partial charge in [-0.1, -0.05) is 53.5 Å². The Balaban J connectivity index is 1.41. The largest absolute Gasteiger partial charge is 0.493 e. The Kier molecular flexibility index (Phi) is 10.5. The van der Waals surface area contributed by atoms with Crippen molar-refractivity contribution < 1.29 is 22.7 Å². The molecule has 0 fully saturated rings. The predicted octanol–water partition coefficient (Wildman–Crippen LogP) is 7.07. The third-order valence-corrected chi connectivity index (χ3v) is 8.37. The van der Waals surface area contributed by atoms with Crippen molar-refractivity contribution in [3.8, 4) is 11.5 Å². The van der Waals surface area contributed by atoms with E-state index in [4.69, 9.17) is 32.7 Å². The summed E-state index contributed by atoms with van der Waals surface area (Å²) >= 11 is 15.7. The lowest BCUT2D eigenvalue weighted by molar-refractivity contribution is 0.0955. The molecule has 0 unspecified atom stereocenters. The Morgan fingerprint density at radius 2 is 1.71 bits per heavy atom. The molecule has 0 heterocycles. The molecule has 0 aromatic heterocycles. The van der Waals surface area contributed by atoms with Crippen LogP contribution >= 0.6 is 39.1 Å². The number of carbonyl (C=O) groups is 1. The number of carbonyl (C=O) groups excluding carboxylic acids is 1. The van der Waals surface area contributed by atoms with Crippen LogP contribution in [0.15, 0.2) is 94.5 Å². The van der Waals surface area contributed by atoms with E-state index in [2.05, 4.69) is 26.5 Å². The van der Waals surface area contributed by atoms with Crippen molar-refractivity contribution in [3.63, 3.8) is 0 Å². The zero-order valence-corrected chi connectivity index (χ0v) is 26.5. The van der Waals surface area contributed by atoms with Gasteiger partial charge < -0.3 is 9.47 Å². The molecule has 4 aromatic carbocycles. The summed E-state index contributed by atoms with van der Waals surface area (Å²) in [5.41, 5.74) is 5.45. The van der Waals surface area contributed by atoms with Gasteiger partial charge in [0.15, 0.2) is 11.5 Å². The van der Waals surface area contributed by atoms with E-state index in [9.17, 15) is 13.2 Å². The van der Waals surface area contributed by atoms with E-state index >= 15 is 0 Å². The number of methoxy groups -OCH3 is 1. The van der Waals surface area contributed by atoms with Gasteiger partial charge in [-0.25, -0.2) is 13.8 Å². The van der Waals surface area contributed by atoms with Gasteiger partial charge in [0.2, 0.25) is 10.0 Å². The average Bonchev–Trinajstić information content (AvgIpc) is 2.96. The van der Waals surface area contributed by atoms with Crippen molar-refractivity contribution in [2.75, 3.05) is 17.7 Å². The molecule has 4 aromatic rings. The zero-order chi connectivity index (χ0) is 30.3. The van der Waals surface area contributed by atoms with Gasteiger partial charge in [-0.3, -0.25) is 9.10 Å². The number of amides is 1. The highest BCUT2D eigenvalue weighted by Crippen LogP contribution is 2.37. The molecule has 0 spiro atoms. The molecule has 0 saturated heterocycles. The van der Waals surface area contributed by atoms with E-state index in [1.165, 1.54) is 29.8 Å². The average molecular weight is 691 g/mol. The molecule has 0 aliphatic rings. The lowest BCUT2D eigenvalue weighted by Crippen LogP contribution is -2.29. The summed E-state index contributed by atoms with van der Waals surface area (Å²) in [4.78, 5) is 12.7. The summed E-state index contributed by atoms with van der Waals surface area (Å²) in [5, 5.41) is 5.22. The molecule has 0 radical (unpaired) electrons. The minimum atomic E-state index is -3.59. The van der Waals surface area contributed by atoms with Crippen LogP contribution in [0.1, 0.15) is 27.0 Å². The predicted molar refractivity (Wildman–Crippen MR) is 170 cm³/mol. The number of sulfonamides is 1. The number of nitrogens with zero attached hydrogens (tertiary/aromatic N) is 2. The summed E-state index contributed by atoms with van der Waals surface area (Å²) in [6.45, 7) is 0.370. The molecule has 1 N–H and O–H groups in total. The maximum Gasteiger partial charge on any atom is 0.271 e. The van der Waals surface area contributed by atoms with Crippen LogP contribution in [-0.2, 0) is 23.2 Å². The molecule has 4 rings (SSSR count). The normalized spacial score (nSPS) is 11.4. The van der Waals surface area contributed by atoms with E-state index in [1.54, 1.807) is 54.6 Å². The maximum absolute atomic E-state index is 12.7. The molecular weight excluding hydrogens is 665 g/mol. The summed E-state index contributed by atoms with van der Waals surface area (Å²) in [6.07, 6.45) is 2.60. The molecule has 0 aliphatic heterocycles. The number of hydrazone groups is 1. The fourth-order valence-corrected chi connectivity index (χ4v) is 5.66. The highest BCUT2D eigenvalue weighted by molar-refractivity contribution is 9.10. The van der Waals surface area contributed by atoms with Crippen molar-refractivity contribution in [2.45, 2.75) is 13.2 Å². The van der Waals surface area contributed by atoms with Gasteiger partial charge in [0.1, 0.15) is 6.61 Å². The van der Waals surface area contributed by atoms with E-state index < -0.39 is 15.9 Å². The monoisotopic (exact) mass is 689 g/mol. The first kappa shape index (κ1) is 31.4. The number of halogens is 3. The van der Waals surface area contributed by atoms with E-state index in [0.29, 0.717) is 42.8 Å². The first-order valence-corrected chi connectivity index (χ1v) is 15.8. The topological polar surface area (TPSA) is 97.3 Å². The van der Waals surface area contributed by atoms with Gasteiger partial charge in [0.25, 0.3) is 5.91 Å². The molecule has 1 amide bonds. The number of anilines is 1. The van der Waals surface area contributed by atoms with Crippen LogP contribution < -0.4 is 19.2 Å². The highest BCUT2D eigenvalue weighted by Gasteiger charge is 2.19. The van der Waals surface area contributed by atoms with Gasteiger partial charge in [0.05, 0.1) is 36.3 Å². The van der Waals surface area contributed by atoms with Crippen LogP contribution in [-0.4, -0.2) is 33.9 Å². The third-order valence-electron chi connectivity index (χ3n) is 6.02. The minimum Gasteiger partial charge on any atom is -0.493 e. The Bertz CT molecular complexity index is 1700. The number of benzene rings is 4. The van der Waals surface area contributed by atoms with Gasteiger partial charge >= 0.3 is 0 Å². The minimum absolute atomic E-state index is 0.120. The van der Waals surface area contributed by atoms with Crippen molar-refractivity contribution in [3.05, 3.63) is 122 Å². The molecule has 42 heavy (non-hydrogen) atoms. The summed E-state index contributed by atoms with van der Waals surface area (Å²) in [5.74, 6) is 0.499. The van der Waals surface area contributed by atoms with E-state index in [-0.39, 0.29) is 13.2 Å². The van der Waals surface area contributed by atoms with Crippen LogP contribution in [0.3, 0.4) is 0 Å². The SMILES string of the molecule is COc1cc(/C=N\NC(=O)c2ccc(N(Cc3ccc(Cl)cc3)S(C)(=O)=O)cc2)cc(Br)c1OCc1ccccc1Cl. The molecule has 0 saturated carbocycles. The molecular formula is C30H26BrCl2N3O5S. The Morgan fingerprint density at radius 1 is 1.02 bits per heavy atom. The fraction of sp³-hybridized carbons (Fsp3) is 0.133. The molecule has 0 atom stereocenters. The Labute approximate surface area is 263 Å². The number of hydrogen-bond acceptors (Lipinski definition) is 6.